The molecule has 1 N–H and O–H groups in total. The Morgan fingerprint density at radius 1 is 1.26 bits per heavy atom. The summed E-state index contributed by atoms with van der Waals surface area (Å²) in [5.41, 5.74) is 5.10. The van der Waals surface area contributed by atoms with Crippen LogP contribution in [0.3, 0.4) is 0 Å². The van der Waals surface area contributed by atoms with Gasteiger partial charge in [-0.05, 0) is 37.1 Å². The molecule has 0 saturated carbocycles. The monoisotopic (exact) mass is 360 g/mol. The van der Waals surface area contributed by atoms with E-state index in [1.54, 1.807) is 0 Å². The number of imidazole rings is 1. The summed E-state index contributed by atoms with van der Waals surface area (Å²) < 4.78 is 7.68. The second-order valence-electron chi connectivity index (χ2n) is 7.39. The molecule has 1 aromatic carbocycles. The summed E-state index contributed by atoms with van der Waals surface area (Å²) in [6.07, 6.45) is 4.26. The fourth-order valence-corrected chi connectivity index (χ4v) is 4.39. The number of benzene rings is 1. The molecule has 7 nitrogen and oxygen atoms in total. The fraction of sp³-hybridized carbons (Fsp3) is 0.350. The molecule has 6 rings (SSSR count). The number of H-pyrrole nitrogens is 1. The topological polar surface area (TPSA) is 71.3 Å². The standard InChI is InChI=1S/C20H20N6O/c1-2-16-15-7-12(3-4-17(15)23-22-16)18-9-21-19-5-6-20(24-26(18)19)25-10-14-8-13(25)11-27-14/h3-7,9,13-14H,2,8,10-11H2,1H3,(H,22,23)/t13-,14-/m0/s1. The number of anilines is 1. The molecule has 2 aliphatic rings. The van der Waals surface area contributed by atoms with Gasteiger partial charge in [-0.15, -0.1) is 5.10 Å². The number of rotatable bonds is 3. The maximum absolute atomic E-state index is 5.73. The second-order valence-corrected chi connectivity index (χ2v) is 7.39. The number of nitrogens with one attached hydrogen (secondary N) is 1. The minimum Gasteiger partial charge on any atom is -0.374 e. The highest BCUT2D eigenvalue weighted by molar-refractivity contribution is 5.86. The second kappa shape index (κ2) is 5.53. The molecule has 0 radical (unpaired) electrons. The number of morpholine rings is 1. The minimum absolute atomic E-state index is 0.353. The van der Waals surface area contributed by atoms with Crippen LogP contribution >= 0.6 is 0 Å². The molecule has 27 heavy (non-hydrogen) atoms. The molecule has 4 aromatic rings. The van der Waals surface area contributed by atoms with E-state index in [-0.39, 0.29) is 0 Å². The number of aromatic nitrogens is 5. The third-order valence-electron chi connectivity index (χ3n) is 5.82. The van der Waals surface area contributed by atoms with E-state index >= 15 is 0 Å². The Morgan fingerprint density at radius 3 is 3.04 bits per heavy atom. The van der Waals surface area contributed by atoms with Crippen LogP contribution in [0.15, 0.2) is 36.5 Å². The molecular weight excluding hydrogens is 340 g/mol. The first-order valence-electron chi connectivity index (χ1n) is 9.50. The van der Waals surface area contributed by atoms with Crippen molar-refractivity contribution < 1.29 is 4.74 Å². The van der Waals surface area contributed by atoms with Crippen LogP contribution in [0.25, 0.3) is 27.8 Å². The number of fused-ring (bicyclic) bond motifs is 4. The Balaban J connectivity index is 1.47. The van der Waals surface area contributed by atoms with Crippen molar-refractivity contribution in [1.29, 1.82) is 0 Å². The third-order valence-corrected chi connectivity index (χ3v) is 5.82. The van der Waals surface area contributed by atoms with Gasteiger partial charge in [0.15, 0.2) is 5.65 Å². The van der Waals surface area contributed by atoms with Gasteiger partial charge < -0.3 is 9.64 Å². The van der Waals surface area contributed by atoms with Gasteiger partial charge >= 0.3 is 0 Å². The smallest absolute Gasteiger partial charge is 0.154 e. The summed E-state index contributed by atoms with van der Waals surface area (Å²) in [5.74, 6) is 0.996. The molecule has 2 aliphatic heterocycles. The average molecular weight is 360 g/mol. The van der Waals surface area contributed by atoms with E-state index in [1.807, 2.05) is 16.8 Å². The molecule has 2 saturated heterocycles. The highest BCUT2D eigenvalue weighted by Gasteiger charge is 2.39. The summed E-state index contributed by atoms with van der Waals surface area (Å²) >= 11 is 0. The van der Waals surface area contributed by atoms with Crippen LogP contribution in [0.1, 0.15) is 19.0 Å². The van der Waals surface area contributed by atoms with Gasteiger partial charge in [0.05, 0.1) is 41.9 Å². The Morgan fingerprint density at radius 2 is 2.22 bits per heavy atom. The molecule has 136 valence electrons. The quantitative estimate of drug-likeness (QED) is 0.608. The number of aromatic amines is 1. The number of hydrogen-bond donors (Lipinski definition) is 1. The Labute approximate surface area is 156 Å². The lowest BCUT2D eigenvalue weighted by Gasteiger charge is -2.27. The molecule has 3 aromatic heterocycles. The maximum atomic E-state index is 5.73. The highest BCUT2D eigenvalue weighted by Crippen LogP contribution is 2.32. The predicted molar refractivity (Wildman–Crippen MR) is 103 cm³/mol. The van der Waals surface area contributed by atoms with Crippen molar-refractivity contribution in [3.63, 3.8) is 0 Å². The lowest BCUT2D eigenvalue weighted by atomic mass is 10.1. The molecule has 5 heterocycles. The summed E-state index contributed by atoms with van der Waals surface area (Å²) in [7, 11) is 0. The lowest BCUT2D eigenvalue weighted by Crippen LogP contribution is -2.37. The first-order chi connectivity index (χ1) is 13.3. The van der Waals surface area contributed by atoms with Gasteiger partial charge in [-0.3, -0.25) is 5.10 Å². The van der Waals surface area contributed by atoms with E-state index in [0.29, 0.717) is 12.1 Å². The minimum atomic E-state index is 0.353. The molecule has 0 amide bonds. The molecule has 2 atom stereocenters. The van der Waals surface area contributed by atoms with E-state index < -0.39 is 0 Å². The van der Waals surface area contributed by atoms with Crippen molar-refractivity contribution in [2.75, 3.05) is 18.1 Å². The van der Waals surface area contributed by atoms with Crippen molar-refractivity contribution in [3.05, 3.63) is 42.2 Å². The van der Waals surface area contributed by atoms with Gasteiger partial charge in [0, 0.05) is 17.5 Å². The van der Waals surface area contributed by atoms with Crippen LogP contribution in [-0.4, -0.2) is 50.1 Å². The van der Waals surface area contributed by atoms with E-state index in [4.69, 9.17) is 9.84 Å². The van der Waals surface area contributed by atoms with E-state index in [0.717, 1.165) is 65.3 Å². The largest absolute Gasteiger partial charge is 0.374 e. The van der Waals surface area contributed by atoms with Gasteiger partial charge in [0.2, 0.25) is 0 Å². The molecule has 2 bridgehead atoms. The van der Waals surface area contributed by atoms with Crippen LogP contribution in [-0.2, 0) is 11.2 Å². The highest BCUT2D eigenvalue weighted by atomic mass is 16.5. The van der Waals surface area contributed by atoms with E-state index in [1.165, 1.54) is 0 Å². The Hall–Kier alpha value is -2.93. The van der Waals surface area contributed by atoms with Crippen molar-refractivity contribution in [2.45, 2.75) is 31.9 Å². The predicted octanol–water partition coefficient (Wildman–Crippen LogP) is 2.81. The molecule has 7 heteroatoms. The van der Waals surface area contributed by atoms with Crippen molar-refractivity contribution in [3.8, 4) is 11.3 Å². The van der Waals surface area contributed by atoms with Gasteiger partial charge in [0.25, 0.3) is 0 Å². The summed E-state index contributed by atoms with van der Waals surface area (Å²) in [5, 5.41) is 13.6. The zero-order valence-corrected chi connectivity index (χ0v) is 15.1. The van der Waals surface area contributed by atoms with Gasteiger partial charge in [-0.2, -0.15) is 5.10 Å². The summed E-state index contributed by atoms with van der Waals surface area (Å²) in [6.45, 7) is 3.85. The van der Waals surface area contributed by atoms with Crippen molar-refractivity contribution in [1.82, 2.24) is 24.8 Å². The van der Waals surface area contributed by atoms with Crippen LogP contribution in [0.4, 0.5) is 5.82 Å². The summed E-state index contributed by atoms with van der Waals surface area (Å²) in [6, 6.07) is 10.9. The van der Waals surface area contributed by atoms with Gasteiger partial charge in [0.1, 0.15) is 5.82 Å². The molecular formula is C20H20N6O. The third kappa shape index (κ3) is 2.21. The molecule has 0 aliphatic carbocycles. The summed E-state index contributed by atoms with van der Waals surface area (Å²) in [4.78, 5) is 6.92. The first-order valence-corrected chi connectivity index (χ1v) is 9.50. The SMILES string of the molecule is CCc1n[nH]c2ccc(-c3cnc4ccc(N5C[C@@H]6C[C@H]5CO6)nn34)cc12. The van der Waals surface area contributed by atoms with Crippen LogP contribution in [0.2, 0.25) is 0 Å². The van der Waals surface area contributed by atoms with Crippen LogP contribution in [0, 0.1) is 0 Å². The van der Waals surface area contributed by atoms with Gasteiger partial charge in [-0.25, -0.2) is 9.50 Å². The zero-order valence-electron chi connectivity index (χ0n) is 15.1. The lowest BCUT2D eigenvalue weighted by molar-refractivity contribution is 0.0988. The van der Waals surface area contributed by atoms with Crippen LogP contribution in [0.5, 0.6) is 0 Å². The van der Waals surface area contributed by atoms with Gasteiger partial charge in [-0.1, -0.05) is 13.0 Å². The normalized spacial score (nSPS) is 21.7. The average Bonchev–Trinajstić information content (AvgIpc) is 3.48. The Bertz CT molecular complexity index is 1160. The van der Waals surface area contributed by atoms with Crippen molar-refractivity contribution in [2.24, 2.45) is 0 Å². The Kier molecular flexibility index (Phi) is 3.11. The van der Waals surface area contributed by atoms with Crippen LogP contribution < -0.4 is 4.90 Å². The van der Waals surface area contributed by atoms with E-state index in [2.05, 4.69) is 51.3 Å². The molecule has 0 unspecified atom stereocenters. The number of hydrogen-bond acceptors (Lipinski definition) is 5. The molecule has 2 fully saturated rings. The zero-order chi connectivity index (χ0) is 18.0. The fourth-order valence-electron chi connectivity index (χ4n) is 4.39. The van der Waals surface area contributed by atoms with Crippen molar-refractivity contribution >= 4 is 22.4 Å². The first kappa shape index (κ1) is 15.2. The molecule has 0 spiro atoms. The maximum Gasteiger partial charge on any atom is 0.154 e. The van der Waals surface area contributed by atoms with E-state index in [9.17, 15) is 0 Å². The number of ether oxygens (including phenoxy) is 1. The number of nitrogens with zero attached hydrogens (tertiary/aromatic N) is 5. The number of aryl methyl sites for hydroxylation is 1.